The molecular weight excluding hydrogens is 390 g/mol. The minimum Gasteiger partial charge on any atom is -0.391 e. The van der Waals surface area contributed by atoms with E-state index in [1.54, 1.807) is 24.3 Å². The molecule has 7 heteroatoms. The summed E-state index contributed by atoms with van der Waals surface area (Å²) in [5.41, 5.74) is 2.41. The van der Waals surface area contributed by atoms with Gasteiger partial charge in [0, 0.05) is 29.4 Å². The number of nitrogens with zero attached hydrogens (tertiary/aromatic N) is 1. The Morgan fingerprint density at radius 2 is 1.55 bits per heavy atom. The van der Waals surface area contributed by atoms with Crippen LogP contribution in [0, 0.1) is 0 Å². The third-order valence-corrected chi connectivity index (χ3v) is 5.21. The number of β-amino-alcohol motifs (C(OH)–C–C–N with tert-alkyl or cyclic N) is 1. The molecule has 6 nitrogen and oxygen atoms in total. The van der Waals surface area contributed by atoms with Crippen LogP contribution in [0.4, 0.5) is 16.2 Å². The smallest absolute Gasteiger partial charge is 0.322 e. The first-order valence-electron chi connectivity index (χ1n) is 9.56. The van der Waals surface area contributed by atoms with E-state index >= 15 is 0 Å². The van der Waals surface area contributed by atoms with Crippen molar-refractivity contribution in [1.29, 1.82) is 0 Å². The number of anilines is 2. The molecule has 0 aromatic heterocycles. The van der Waals surface area contributed by atoms with Crippen LogP contribution >= 0.6 is 11.6 Å². The van der Waals surface area contributed by atoms with Crippen molar-refractivity contribution in [3.63, 3.8) is 0 Å². The molecule has 0 bridgehead atoms. The first-order chi connectivity index (χ1) is 13.6. The van der Waals surface area contributed by atoms with Crippen molar-refractivity contribution in [3.05, 3.63) is 59.1 Å². The van der Waals surface area contributed by atoms with E-state index in [-0.39, 0.29) is 24.3 Å². The van der Waals surface area contributed by atoms with E-state index in [9.17, 15) is 14.7 Å². The van der Waals surface area contributed by atoms with Gasteiger partial charge < -0.3 is 20.6 Å². The molecule has 0 aliphatic carbocycles. The van der Waals surface area contributed by atoms with Crippen LogP contribution < -0.4 is 10.6 Å². The van der Waals surface area contributed by atoms with E-state index in [4.69, 9.17) is 11.6 Å². The maximum atomic E-state index is 12.8. The number of amides is 3. The van der Waals surface area contributed by atoms with Gasteiger partial charge in [-0.15, -0.1) is 0 Å². The summed E-state index contributed by atoms with van der Waals surface area (Å²) in [7, 11) is 0. The summed E-state index contributed by atoms with van der Waals surface area (Å²) >= 11 is 5.86. The Hall–Kier alpha value is -2.57. The first kappa shape index (κ1) is 21.1. The average Bonchev–Trinajstić information content (AvgIpc) is 3.05. The van der Waals surface area contributed by atoms with Crippen LogP contribution in [-0.4, -0.2) is 40.6 Å². The van der Waals surface area contributed by atoms with Crippen LogP contribution in [0.15, 0.2) is 48.5 Å². The first-order valence-corrected chi connectivity index (χ1v) is 9.94. The van der Waals surface area contributed by atoms with Crippen molar-refractivity contribution in [3.8, 4) is 0 Å². The third kappa shape index (κ3) is 5.28. The van der Waals surface area contributed by atoms with Gasteiger partial charge in [-0.1, -0.05) is 44.5 Å². The Morgan fingerprint density at radius 3 is 2.14 bits per heavy atom. The van der Waals surface area contributed by atoms with Gasteiger partial charge in [-0.05, 0) is 47.4 Å². The predicted octanol–water partition coefficient (Wildman–Crippen LogP) is 4.24. The highest BCUT2D eigenvalue weighted by Gasteiger charge is 2.39. The summed E-state index contributed by atoms with van der Waals surface area (Å²) < 4.78 is 0. The maximum absolute atomic E-state index is 12.8. The van der Waals surface area contributed by atoms with Crippen molar-refractivity contribution >= 4 is 34.9 Å². The lowest BCUT2D eigenvalue weighted by Crippen LogP contribution is -2.45. The Labute approximate surface area is 175 Å². The molecule has 3 amide bonds. The van der Waals surface area contributed by atoms with E-state index in [0.29, 0.717) is 16.4 Å². The fraction of sp³-hybridized carbons (Fsp3) is 0.364. The maximum Gasteiger partial charge on any atom is 0.322 e. The number of benzene rings is 2. The second-order valence-electron chi connectivity index (χ2n) is 8.31. The Kier molecular flexibility index (Phi) is 6.15. The van der Waals surface area contributed by atoms with Crippen LogP contribution in [0.3, 0.4) is 0 Å². The number of likely N-dealkylation sites (tertiary alicyclic amines) is 1. The van der Waals surface area contributed by atoms with Gasteiger partial charge in [-0.3, -0.25) is 4.79 Å². The van der Waals surface area contributed by atoms with Gasteiger partial charge in [0.25, 0.3) is 0 Å². The van der Waals surface area contributed by atoms with Gasteiger partial charge in [0.05, 0.1) is 6.10 Å². The minimum absolute atomic E-state index is 0.0225. The number of aliphatic hydroxyl groups excluding tert-OH is 1. The van der Waals surface area contributed by atoms with Crippen molar-refractivity contribution in [2.75, 3.05) is 17.2 Å². The van der Waals surface area contributed by atoms with Gasteiger partial charge in [-0.25, -0.2) is 4.79 Å². The average molecular weight is 416 g/mol. The lowest BCUT2D eigenvalue weighted by molar-refractivity contribution is -0.119. The molecule has 2 aromatic rings. The molecule has 0 radical (unpaired) electrons. The quantitative estimate of drug-likeness (QED) is 0.701. The Morgan fingerprint density at radius 1 is 1.00 bits per heavy atom. The monoisotopic (exact) mass is 415 g/mol. The largest absolute Gasteiger partial charge is 0.391 e. The van der Waals surface area contributed by atoms with Crippen molar-refractivity contribution in [2.45, 2.75) is 44.8 Å². The number of aliphatic hydroxyl groups is 1. The number of hydrogen-bond donors (Lipinski definition) is 3. The molecule has 1 saturated heterocycles. The third-order valence-electron chi connectivity index (χ3n) is 4.96. The summed E-state index contributed by atoms with van der Waals surface area (Å²) in [5, 5.41) is 16.2. The number of carbonyl (C=O) groups excluding carboxylic acids is 2. The second-order valence-corrected chi connectivity index (χ2v) is 8.75. The zero-order chi connectivity index (χ0) is 21.2. The molecule has 1 fully saturated rings. The zero-order valence-corrected chi connectivity index (χ0v) is 17.5. The summed E-state index contributed by atoms with van der Waals surface area (Å²) in [4.78, 5) is 26.8. The molecule has 2 atom stereocenters. The SMILES string of the molecule is CC(C)(C)c1ccc(NC(=O)C2CC(O)CN2C(=O)Nc2ccc(Cl)cc2)cc1. The lowest BCUT2D eigenvalue weighted by Gasteiger charge is -2.24. The van der Waals surface area contributed by atoms with E-state index in [0.717, 1.165) is 5.56 Å². The number of carbonyl (C=O) groups is 2. The molecule has 2 aromatic carbocycles. The van der Waals surface area contributed by atoms with E-state index < -0.39 is 18.2 Å². The molecular formula is C22H26ClN3O3. The summed E-state index contributed by atoms with van der Waals surface area (Å²) in [6.07, 6.45) is -0.551. The van der Waals surface area contributed by atoms with Crippen molar-refractivity contribution < 1.29 is 14.7 Å². The Balaban J connectivity index is 1.68. The molecule has 0 spiro atoms. The van der Waals surface area contributed by atoms with Crippen LogP contribution in [0.1, 0.15) is 32.8 Å². The molecule has 1 heterocycles. The zero-order valence-electron chi connectivity index (χ0n) is 16.8. The highest BCUT2D eigenvalue weighted by molar-refractivity contribution is 6.30. The topological polar surface area (TPSA) is 81.7 Å². The van der Waals surface area contributed by atoms with Crippen molar-refractivity contribution in [2.24, 2.45) is 0 Å². The van der Waals surface area contributed by atoms with Gasteiger partial charge in [0.1, 0.15) is 6.04 Å². The summed E-state index contributed by atoms with van der Waals surface area (Å²) in [5.74, 6) is -0.323. The second kappa shape index (κ2) is 8.43. The van der Waals surface area contributed by atoms with E-state index in [1.165, 1.54) is 4.90 Å². The lowest BCUT2D eigenvalue weighted by atomic mass is 9.87. The van der Waals surface area contributed by atoms with Gasteiger partial charge in [0.2, 0.25) is 5.91 Å². The predicted molar refractivity (Wildman–Crippen MR) is 115 cm³/mol. The molecule has 0 saturated carbocycles. The molecule has 29 heavy (non-hydrogen) atoms. The normalized spacial score (nSPS) is 19.1. The molecule has 3 N–H and O–H groups in total. The van der Waals surface area contributed by atoms with Crippen LogP contribution in [0.25, 0.3) is 0 Å². The van der Waals surface area contributed by atoms with Crippen LogP contribution in [0.5, 0.6) is 0 Å². The molecule has 1 aliphatic heterocycles. The molecule has 2 unspecified atom stereocenters. The van der Waals surface area contributed by atoms with Gasteiger partial charge in [0.15, 0.2) is 0 Å². The minimum atomic E-state index is -0.750. The number of halogens is 1. The summed E-state index contributed by atoms with van der Waals surface area (Å²) in [6.45, 7) is 6.47. The molecule has 3 rings (SSSR count). The van der Waals surface area contributed by atoms with Crippen molar-refractivity contribution in [1.82, 2.24) is 4.90 Å². The summed E-state index contributed by atoms with van der Waals surface area (Å²) in [6, 6.07) is 13.2. The highest BCUT2D eigenvalue weighted by Crippen LogP contribution is 2.25. The standard InChI is InChI=1S/C22H26ClN3O3/c1-22(2,3)14-4-8-16(9-5-14)24-20(28)19-12-18(27)13-26(19)21(29)25-17-10-6-15(23)7-11-17/h4-11,18-19,27H,12-13H2,1-3H3,(H,24,28)(H,25,29). The van der Waals surface area contributed by atoms with Gasteiger partial charge >= 0.3 is 6.03 Å². The fourth-order valence-corrected chi connectivity index (χ4v) is 3.42. The van der Waals surface area contributed by atoms with Crippen LogP contribution in [-0.2, 0) is 10.2 Å². The molecule has 1 aliphatic rings. The van der Waals surface area contributed by atoms with Gasteiger partial charge in [-0.2, -0.15) is 0 Å². The van der Waals surface area contributed by atoms with E-state index in [1.807, 2.05) is 24.3 Å². The fourth-order valence-electron chi connectivity index (χ4n) is 3.29. The number of rotatable bonds is 3. The Bertz CT molecular complexity index is 876. The number of hydrogen-bond acceptors (Lipinski definition) is 3. The van der Waals surface area contributed by atoms with E-state index in [2.05, 4.69) is 31.4 Å². The molecule has 154 valence electrons. The number of nitrogens with one attached hydrogen (secondary N) is 2. The highest BCUT2D eigenvalue weighted by atomic mass is 35.5. The number of urea groups is 1. The van der Waals surface area contributed by atoms with Crippen LogP contribution in [0.2, 0.25) is 5.02 Å².